The second-order valence-corrected chi connectivity index (χ2v) is 6.26. The van der Waals surface area contributed by atoms with Crippen LogP contribution < -0.4 is 5.32 Å². The summed E-state index contributed by atoms with van der Waals surface area (Å²) in [6, 6.07) is 9.32. The predicted octanol–water partition coefficient (Wildman–Crippen LogP) is 2.54. The van der Waals surface area contributed by atoms with Crippen molar-refractivity contribution in [3.63, 3.8) is 0 Å². The predicted molar refractivity (Wildman–Crippen MR) is 93.0 cm³/mol. The molecule has 0 aliphatic carbocycles. The van der Waals surface area contributed by atoms with Crippen molar-refractivity contribution >= 4 is 0 Å². The van der Waals surface area contributed by atoms with Crippen LogP contribution in [0.5, 0.6) is 0 Å². The van der Waals surface area contributed by atoms with Crippen LogP contribution in [0.1, 0.15) is 17.8 Å². The van der Waals surface area contributed by atoms with E-state index in [0.717, 1.165) is 11.3 Å². The Labute approximate surface area is 154 Å². The Bertz CT molecular complexity index is 858. The molecule has 0 aliphatic rings. The van der Waals surface area contributed by atoms with Crippen LogP contribution in [0.2, 0.25) is 0 Å². The summed E-state index contributed by atoms with van der Waals surface area (Å²) in [5.74, 6) is -0.416. The van der Waals surface area contributed by atoms with E-state index in [1.165, 1.54) is 24.0 Å². The average molecular weight is 379 g/mol. The molecule has 6 nitrogen and oxygen atoms in total. The lowest BCUT2D eigenvalue weighted by Gasteiger charge is -2.30. The van der Waals surface area contributed by atoms with Crippen LogP contribution >= 0.6 is 0 Å². The fourth-order valence-electron chi connectivity index (χ4n) is 2.83. The molecule has 1 atom stereocenters. The van der Waals surface area contributed by atoms with Crippen molar-refractivity contribution in [2.24, 2.45) is 7.05 Å². The Morgan fingerprint density at radius 2 is 1.85 bits per heavy atom. The highest BCUT2D eigenvalue weighted by molar-refractivity contribution is 5.33. The van der Waals surface area contributed by atoms with Gasteiger partial charge in [-0.15, -0.1) is 0 Å². The molecule has 27 heavy (non-hydrogen) atoms. The van der Waals surface area contributed by atoms with E-state index in [4.69, 9.17) is 0 Å². The van der Waals surface area contributed by atoms with Crippen LogP contribution in [0.3, 0.4) is 0 Å². The molecule has 0 bridgehead atoms. The minimum Gasteiger partial charge on any atom is -0.374 e. The first-order valence-electron chi connectivity index (χ1n) is 8.38. The summed E-state index contributed by atoms with van der Waals surface area (Å²) in [5, 5.41) is 17.3. The summed E-state index contributed by atoms with van der Waals surface area (Å²) in [5.41, 5.74) is -1.19. The average Bonchev–Trinajstić information content (AvgIpc) is 3.30. The number of aromatic nitrogens is 4. The first-order valence-corrected chi connectivity index (χ1v) is 8.38. The summed E-state index contributed by atoms with van der Waals surface area (Å²) in [4.78, 5) is 3.68. The molecule has 0 aliphatic heterocycles. The third-order valence-corrected chi connectivity index (χ3v) is 4.36. The smallest absolute Gasteiger partial charge is 0.374 e. The SMILES string of the molecule is Cn1ccnc1C(O)(CCNCc1ccc(-n2cccn2)cc1)C(F)(F)F. The Morgan fingerprint density at radius 3 is 2.41 bits per heavy atom. The molecule has 9 heteroatoms. The fraction of sp³-hybridized carbons (Fsp3) is 0.333. The molecule has 2 N–H and O–H groups in total. The number of hydrogen-bond acceptors (Lipinski definition) is 4. The van der Waals surface area contributed by atoms with Gasteiger partial charge in [-0.2, -0.15) is 18.3 Å². The first-order chi connectivity index (χ1) is 12.8. The number of nitrogens with zero attached hydrogens (tertiary/aromatic N) is 4. The van der Waals surface area contributed by atoms with Crippen molar-refractivity contribution in [2.75, 3.05) is 6.54 Å². The van der Waals surface area contributed by atoms with Gasteiger partial charge in [0.2, 0.25) is 5.60 Å². The first kappa shape index (κ1) is 19.1. The van der Waals surface area contributed by atoms with Crippen LogP contribution in [-0.2, 0) is 19.2 Å². The van der Waals surface area contributed by atoms with Crippen molar-refractivity contribution in [2.45, 2.75) is 24.7 Å². The maximum atomic E-state index is 13.4. The van der Waals surface area contributed by atoms with E-state index in [2.05, 4.69) is 15.4 Å². The fourth-order valence-corrected chi connectivity index (χ4v) is 2.83. The van der Waals surface area contributed by atoms with Gasteiger partial charge >= 0.3 is 6.18 Å². The number of aryl methyl sites for hydroxylation is 1. The molecular weight excluding hydrogens is 359 g/mol. The minimum atomic E-state index is -4.82. The molecule has 3 aromatic rings. The van der Waals surface area contributed by atoms with Crippen LogP contribution in [0.25, 0.3) is 5.69 Å². The topological polar surface area (TPSA) is 67.9 Å². The number of rotatable bonds is 7. The number of benzene rings is 1. The normalized spacial score (nSPS) is 14.3. The Kier molecular flexibility index (Phi) is 5.33. The summed E-state index contributed by atoms with van der Waals surface area (Å²) in [7, 11) is 1.42. The molecule has 1 aromatic carbocycles. The van der Waals surface area contributed by atoms with Crippen molar-refractivity contribution in [3.05, 3.63) is 66.5 Å². The Balaban J connectivity index is 1.59. The molecule has 144 valence electrons. The second-order valence-electron chi connectivity index (χ2n) is 6.26. The molecular formula is C18H20F3N5O. The number of alkyl halides is 3. The van der Waals surface area contributed by atoms with Gasteiger partial charge in [0.15, 0.2) is 0 Å². The molecule has 0 saturated heterocycles. The van der Waals surface area contributed by atoms with E-state index in [-0.39, 0.29) is 6.54 Å². The highest BCUT2D eigenvalue weighted by atomic mass is 19.4. The zero-order valence-electron chi connectivity index (χ0n) is 14.7. The van der Waals surface area contributed by atoms with Crippen molar-refractivity contribution in [1.29, 1.82) is 0 Å². The lowest BCUT2D eigenvalue weighted by atomic mass is 9.97. The third kappa shape index (κ3) is 4.04. The van der Waals surface area contributed by atoms with Gasteiger partial charge < -0.3 is 15.0 Å². The van der Waals surface area contributed by atoms with Gasteiger partial charge in [0.05, 0.1) is 5.69 Å². The molecule has 2 heterocycles. The minimum absolute atomic E-state index is 0.0240. The second kappa shape index (κ2) is 7.53. The quantitative estimate of drug-likeness (QED) is 0.619. The molecule has 0 amide bonds. The number of imidazole rings is 1. The van der Waals surface area contributed by atoms with E-state index < -0.39 is 24.0 Å². The van der Waals surface area contributed by atoms with E-state index in [9.17, 15) is 18.3 Å². The molecule has 0 radical (unpaired) electrons. The summed E-state index contributed by atoms with van der Waals surface area (Å²) in [6.45, 7) is 0.359. The number of hydrogen-bond donors (Lipinski definition) is 2. The van der Waals surface area contributed by atoms with Crippen LogP contribution in [0, 0.1) is 0 Å². The van der Waals surface area contributed by atoms with Gasteiger partial charge in [-0.1, -0.05) is 12.1 Å². The van der Waals surface area contributed by atoms with Gasteiger partial charge in [0.25, 0.3) is 0 Å². The maximum Gasteiger partial charge on any atom is 0.424 e. The summed E-state index contributed by atoms with van der Waals surface area (Å²) < 4.78 is 43.2. The van der Waals surface area contributed by atoms with E-state index in [0.29, 0.717) is 6.54 Å². The van der Waals surface area contributed by atoms with E-state index in [1.807, 2.05) is 36.5 Å². The van der Waals surface area contributed by atoms with Crippen molar-refractivity contribution in [1.82, 2.24) is 24.6 Å². The molecule has 0 fully saturated rings. The van der Waals surface area contributed by atoms with Gasteiger partial charge in [-0.3, -0.25) is 0 Å². The Hall–Kier alpha value is -2.65. The number of nitrogens with one attached hydrogen (secondary N) is 1. The van der Waals surface area contributed by atoms with Crippen molar-refractivity contribution in [3.8, 4) is 5.69 Å². The standard InChI is InChI=1S/C18H20F3N5O/c1-25-12-10-23-16(25)17(27,18(19,20)21)7-9-22-13-14-3-5-15(6-4-14)26-11-2-8-24-26/h2-6,8,10-12,22,27H,7,9,13H2,1H3. The molecule has 0 saturated carbocycles. The molecule has 1 unspecified atom stereocenters. The van der Waals surface area contributed by atoms with Crippen molar-refractivity contribution < 1.29 is 18.3 Å². The molecule has 3 rings (SSSR count). The highest BCUT2D eigenvalue weighted by Gasteiger charge is 2.56. The van der Waals surface area contributed by atoms with Crippen LogP contribution in [0.4, 0.5) is 13.2 Å². The van der Waals surface area contributed by atoms with Crippen LogP contribution in [-0.4, -0.2) is 37.2 Å². The van der Waals surface area contributed by atoms with Gasteiger partial charge in [-0.05, 0) is 30.3 Å². The molecule has 2 aromatic heterocycles. The third-order valence-electron chi connectivity index (χ3n) is 4.36. The highest BCUT2D eigenvalue weighted by Crippen LogP contribution is 2.40. The van der Waals surface area contributed by atoms with Gasteiger partial charge in [0, 0.05) is 44.8 Å². The zero-order valence-corrected chi connectivity index (χ0v) is 14.7. The summed E-state index contributed by atoms with van der Waals surface area (Å²) in [6.07, 6.45) is 0.759. The summed E-state index contributed by atoms with van der Waals surface area (Å²) >= 11 is 0. The largest absolute Gasteiger partial charge is 0.424 e. The van der Waals surface area contributed by atoms with Crippen LogP contribution in [0.15, 0.2) is 55.1 Å². The maximum absolute atomic E-state index is 13.4. The van der Waals surface area contributed by atoms with Gasteiger partial charge in [0.1, 0.15) is 5.82 Å². The Morgan fingerprint density at radius 1 is 1.11 bits per heavy atom. The number of aliphatic hydroxyl groups is 1. The zero-order chi connectivity index (χ0) is 19.5. The monoisotopic (exact) mass is 379 g/mol. The van der Waals surface area contributed by atoms with E-state index >= 15 is 0 Å². The van der Waals surface area contributed by atoms with Gasteiger partial charge in [-0.25, -0.2) is 9.67 Å². The van der Waals surface area contributed by atoms with E-state index in [1.54, 1.807) is 10.9 Å². The molecule has 0 spiro atoms. The lowest BCUT2D eigenvalue weighted by molar-refractivity contribution is -0.272. The number of halogens is 3. The lowest BCUT2D eigenvalue weighted by Crippen LogP contribution is -2.46.